The lowest BCUT2D eigenvalue weighted by atomic mass is 9.90. The first-order valence-electron chi connectivity index (χ1n) is 6.48. The maximum atomic E-state index is 12.1. The van der Waals surface area contributed by atoms with E-state index in [1.54, 1.807) is 11.9 Å². The topological polar surface area (TPSA) is 88.3 Å². The van der Waals surface area contributed by atoms with Crippen molar-refractivity contribution in [2.24, 2.45) is 0 Å². The highest BCUT2D eigenvalue weighted by Crippen LogP contribution is 2.24. The molecular weight excluding hydrogens is 260 g/mol. The second kappa shape index (κ2) is 5.60. The van der Waals surface area contributed by atoms with Crippen molar-refractivity contribution in [2.45, 2.75) is 52.6 Å². The summed E-state index contributed by atoms with van der Waals surface area (Å²) in [5.41, 5.74) is -0.110. The average Bonchev–Trinajstić information content (AvgIpc) is 2.71. The van der Waals surface area contributed by atoms with Gasteiger partial charge in [0.2, 0.25) is 5.91 Å². The van der Waals surface area contributed by atoms with Gasteiger partial charge in [-0.25, -0.2) is 9.48 Å². The van der Waals surface area contributed by atoms with Gasteiger partial charge in [0.25, 0.3) is 0 Å². The number of hydrogen-bond donors (Lipinski definition) is 1. The lowest BCUT2D eigenvalue weighted by Crippen LogP contribution is -2.37. The Balaban J connectivity index is 3.14. The maximum Gasteiger partial charge on any atom is 0.358 e. The van der Waals surface area contributed by atoms with E-state index in [1.807, 2.05) is 34.6 Å². The zero-order chi connectivity index (χ0) is 15.7. The molecule has 20 heavy (non-hydrogen) atoms. The van der Waals surface area contributed by atoms with Crippen LogP contribution >= 0.6 is 0 Å². The van der Waals surface area contributed by atoms with Gasteiger partial charge in [-0.15, -0.1) is 5.10 Å². The van der Waals surface area contributed by atoms with E-state index in [-0.39, 0.29) is 24.2 Å². The van der Waals surface area contributed by atoms with Crippen LogP contribution in [-0.4, -0.2) is 50.0 Å². The minimum Gasteiger partial charge on any atom is -0.476 e. The molecule has 0 aromatic carbocycles. The molecule has 112 valence electrons. The van der Waals surface area contributed by atoms with E-state index in [4.69, 9.17) is 5.11 Å². The first kappa shape index (κ1) is 16.1. The standard InChI is InChI=1S/C13H22N4O3/c1-8(2)16(6)9(18)7-17-11(13(3,4)5)10(12(19)20)14-15-17/h8H,7H2,1-6H3,(H,19,20). The third-order valence-electron chi connectivity index (χ3n) is 3.10. The second-order valence-electron chi connectivity index (χ2n) is 6.10. The molecule has 1 N–H and O–H groups in total. The zero-order valence-electron chi connectivity index (χ0n) is 12.8. The van der Waals surface area contributed by atoms with Crippen LogP contribution in [0.5, 0.6) is 0 Å². The summed E-state index contributed by atoms with van der Waals surface area (Å²) in [6, 6.07) is 0.0723. The van der Waals surface area contributed by atoms with Crippen LogP contribution in [0.3, 0.4) is 0 Å². The van der Waals surface area contributed by atoms with E-state index in [9.17, 15) is 9.59 Å². The van der Waals surface area contributed by atoms with Crippen LogP contribution in [0, 0.1) is 0 Å². The molecule has 0 unspecified atom stereocenters. The van der Waals surface area contributed by atoms with Crippen LogP contribution in [0.25, 0.3) is 0 Å². The normalized spacial score (nSPS) is 11.8. The lowest BCUT2D eigenvalue weighted by Gasteiger charge is -2.24. The van der Waals surface area contributed by atoms with Crippen LogP contribution in [0.4, 0.5) is 0 Å². The largest absolute Gasteiger partial charge is 0.476 e. The number of carboxylic acid groups (broad SMARTS) is 1. The van der Waals surface area contributed by atoms with E-state index in [0.717, 1.165) is 0 Å². The molecule has 1 aromatic heterocycles. The minimum absolute atomic E-state index is 0.0123. The fourth-order valence-electron chi connectivity index (χ4n) is 1.84. The SMILES string of the molecule is CC(C)N(C)C(=O)Cn1nnc(C(=O)O)c1C(C)(C)C. The van der Waals surface area contributed by atoms with E-state index in [0.29, 0.717) is 5.69 Å². The molecule has 1 heterocycles. The van der Waals surface area contributed by atoms with Crippen molar-refractivity contribution in [3.8, 4) is 0 Å². The van der Waals surface area contributed by atoms with Gasteiger partial charge in [0, 0.05) is 18.5 Å². The van der Waals surface area contributed by atoms with Gasteiger partial charge in [-0.05, 0) is 13.8 Å². The molecule has 0 aliphatic rings. The fraction of sp³-hybridized carbons (Fsp3) is 0.692. The molecule has 0 fully saturated rings. The van der Waals surface area contributed by atoms with Crippen molar-refractivity contribution in [3.05, 3.63) is 11.4 Å². The van der Waals surface area contributed by atoms with Crippen LogP contribution in [0.1, 0.15) is 50.8 Å². The lowest BCUT2D eigenvalue weighted by molar-refractivity contribution is -0.132. The Kier molecular flexibility index (Phi) is 4.52. The summed E-state index contributed by atoms with van der Waals surface area (Å²) in [5, 5.41) is 16.7. The predicted octanol–water partition coefficient (Wildman–Crippen LogP) is 1.14. The first-order valence-corrected chi connectivity index (χ1v) is 6.48. The number of aromatic nitrogens is 3. The first-order chi connectivity index (χ1) is 9.05. The quantitative estimate of drug-likeness (QED) is 0.894. The monoisotopic (exact) mass is 282 g/mol. The molecule has 0 saturated heterocycles. The highest BCUT2D eigenvalue weighted by molar-refractivity contribution is 5.87. The van der Waals surface area contributed by atoms with Gasteiger partial charge in [-0.2, -0.15) is 0 Å². The Morgan fingerprint density at radius 1 is 1.35 bits per heavy atom. The molecule has 1 amide bonds. The number of aromatic carboxylic acids is 1. The highest BCUT2D eigenvalue weighted by Gasteiger charge is 2.30. The van der Waals surface area contributed by atoms with Gasteiger partial charge in [0.05, 0.1) is 5.69 Å². The molecule has 0 saturated carbocycles. The third kappa shape index (κ3) is 3.34. The number of carbonyl (C=O) groups excluding carboxylic acids is 1. The van der Waals surface area contributed by atoms with Gasteiger partial charge < -0.3 is 10.0 Å². The summed E-state index contributed by atoms with van der Waals surface area (Å²) >= 11 is 0. The summed E-state index contributed by atoms with van der Waals surface area (Å²) in [6.07, 6.45) is 0. The van der Waals surface area contributed by atoms with E-state index < -0.39 is 11.4 Å². The predicted molar refractivity (Wildman–Crippen MR) is 73.6 cm³/mol. The minimum atomic E-state index is -1.13. The van der Waals surface area contributed by atoms with Gasteiger partial charge in [0.1, 0.15) is 6.54 Å². The smallest absolute Gasteiger partial charge is 0.358 e. The molecule has 1 rings (SSSR count). The number of likely N-dealkylation sites (N-methyl/N-ethyl adjacent to an activating group) is 1. The van der Waals surface area contributed by atoms with Gasteiger partial charge >= 0.3 is 5.97 Å². The number of amides is 1. The van der Waals surface area contributed by atoms with Crippen molar-refractivity contribution < 1.29 is 14.7 Å². The molecule has 0 aliphatic heterocycles. The molecule has 0 spiro atoms. The third-order valence-corrected chi connectivity index (χ3v) is 3.10. The number of rotatable bonds is 4. The Labute approximate surface area is 118 Å². The fourth-order valence-corrected chi connectivity index (χ4v) is 1.84. The maximum absolute atomic E-state index is 12.1. The molecule has 0 atom stereocenters. The molecular formula is C13H22N4O3. The summed E-state index contributed by atoms with van der Waals surface area (Å²) in [5.74, 6) is -1.27. The number of carbonyl (C=O) groups is 2. The molecule has 7 heteroatoms. The molecule has 7 nitrogen and oxygen atoms in total. The van der Waals surface area contributed by atoms with Gasteiger partial charge in [0.15, 0.2) is 5.69 Å². The van der Waals surface area contributed by atoms with Gasteiger partial charge in [-0.1, -0.05) is 26.0 Å². The zero-order valence-corrected chi connectivity index (χ0v) is 12.8. The van der Waals surface area contributed by atoms with E-state index in [1.165, 1.54) is 4.68 Å². The van der Waals surface area contributed by atoms with Crippen LogP contribution < -0.4 is 0 Å². The van der Waals surface area contributed by atoms with Crippen LogP contribution in [0.2, 0.25) is 0 Å². The van der Waals surface area contributed by atoms with Crippen molar-refractivity contribution >= 4 is 11.9 Å². The summed E-state index contributed by atoms with van der Waals surface area (Å²) < 4.78 is 1.38. The molecule has 0 aliphatic carbocycles. The van der Waals surface area contributed by atoms with Crippen LogP contribution in [0.15, 0.2) is 0 Å². The van der Waals surface area contributed by atoms with Crippen LogP contribution in [-0.2, 0) is 16.8 Å². The Hall–Kier alpha value is -1.92. The van der Waals surface area contributed by atoms with Crippen molar-refractivity contribution in [1.29, 1.82) is 0 Å². The number of nitrogens with zero attached hydrogens (tertiary/aromatic N) is 4. The van der Waals surface area contributed by atoms with Crippen molar-refractivity contribution in [3.63, 3.8) is 0 Å². The Morgan fingerprint density at radius 3 is 2.30 bits per heavy atom. The highest BCUT2D eigenvalue weighted by atomic mass is 16.4. The van der Waals surface area contributed by atoms with E-state index in [2.05, 4.69) is 10.3 Å². The number of carboxylic acids is 1. The van der Waals surface area contributed by atoms with Crippen molar-refractivity contribution in [2.75, 3.05) is 7.05 Å². The van der Waals surface area contributed by atoms with Gasteiger partial charge in [-0.3, -0.25) is 4.79 Å². The second-order valence-corrected chi connectivity index (χ2v) is 6.10. The summed E-state index contributed by atoms with van der Waals surface area (Å²) in [7, 11) is 1.71. The number of hydrogen-bond acceptors (Lipinski definition) is 4. The molecule has 0 bridgehead atoms. The Morgan fingerprint density at radius 2 is 1.90 bits per heavy atom. The molecule has 1 aromatic rings. The summed E-state index contributed by atoms with van der Waals surface area (Å²) in [6.45, 7) is 9.41. The Bertz CT molecular complexity index is 514. The average molecular weight is 282 g/mol. The van der Waals surface area contributed by atoms with E-state index >= 15 is 0 Å². The van der Waals surface area contributed by atoms with Crippen molar-refractivity contribution in [1.82, 2.24) is 19.9 Å². The molecule has 0 radical (unpaired) electrons. The summed E-state index contributed by atoms with van der Waals surface area (Å²) in [4.78, 5) is 24.9.